The number of carboxylic acids is 1. The number of pyridine rings is 2. The largest absolute Gasteiger partial charge is 0.477 e. The first-order valence-electron chi connectivity index (χ1n) is 31.8. The fraction of sp³-hybridized carbons (Fsp3) is 0.203. The fourth-order valence-electron chi connectivity index (χ4n) is 8.99. The Labute approximate surface area is 654 Å². The Morgan fingerprint density at radius 1 is 0.446 bits per heavy atom. The molecule has 24 nitrogen and oxygen atoms in total. The van der Waals surface area contributed by atoms with E-state index in [0.717, 1.165) is 96.1 Å². The number of nitrogen functional groups attached to an aromatic ring is 2. The normalized spacial score (nSPS) is 11.0. The summed E-state index contributed by atoms with van der Waals surface area (Å²) in [4.78, 5) is 70.0. The van der Waals surface area contributed by atoms with Crippen molar-refractivity contribution in [1.82, 2.24) is 19.9 Å². The van der Waals surface area contributed by atoms with Crippen LogP contribution in [0.1, 0.15) is 125 Å². The van der Waals surface area contributed by atoms with Gasteiger partial charge in [-0.25, -0.2) is 101 Å². The molecule has 0 atom stereocenters. The average Bonchev–Trinajstić information content (AvgIpc) is 1.43. The Hall–Kier alpha value is -10.1. The first-order chi connectivity index (χ1) is 52.2. The number of sulfonamides is 4. The summed E-state index contributed by atoms with van der Waals surface area (Å²) in [5.74, 6) is -18.0. The summed E-state index contributed by atoms with van der Waals surface area (Å²) in [6, 6.07) is 17.5. The van der Waals surface area contributed by atoms with E-state index < -0.39 is 189 Å². The number of ketones is 3. The molecule has 43 heteroatoms. The number of carbonyl (C=O) groups is 5. The van der Waals surface area contributed by atoms with Gasteiger partial charge in [0.2, 0.25) is 45.9 Å². The van der Waals surface area contributed by atoms with E-state index in [1.54, 1.807) is 40.0 Å². The number of halogens is 15. The van der Waals surface area contributed by atoms with Crippen LogP contribution in [-0.4, -0.2) is 110 Å². The van der Waals surface area contributed by atoms with Gasteiger partial charge in [0.25, 0.3) is 5.24 Å². The maximum absolute atomic E-state index is 14.8. The average molecular weight is 1810 g/mol. The van der Waals surface area contributed by atoms with Gasteiger partial charge in [0, 0.05) is 56.1 Å². The number of hydrogen-bond acceptors (Lipinski definition) is 17. The molecule has 0 aliphatic rings. The molecule has 0 radical (unpaired) electrons. The minimum atomic E-state index is -3.80. The van der Waals surface area contributed by atoms with Crippen molar-refractivity contribution in [2.24, 2.45) is 0 Å². The summed E-state index contributed by atoms with van der Waals surface area (Å²) in [5.41, 5.74) is 4.95. The Morgan fingerprint density at radius 3 is 1.20 bits per heavy atom. The molecule has 0 aliphatic carbocycles. The van der Waals surface area contributed by atoms with Gasteiger partial charge in [0.15, 0.2) is 40.7 Å². The number of benzene rings is 6. The SMILES string of the molecule is Brc1cnc2[nH]ccc2c1.CC(=O)c1c(F)ccc(N)c1F.CCCS(=O)(=O)Nc1ccc(F)c(C(=O)Cl)c1F.CCCS(=O)(=O)Nc1ccc(F)c(C(=O)O)c1F.CCCS(=O)(=O)Nc1ccc(F)c(C(=O)c2c[nH]c3ncc(Br)cc23)c1F.CCCS(=O)(=O)Nc1ccc(F)c(C(C)=O)c1F.Nc1ccc(F)cc1F. The van der Waals surface area contributed by atoms with Gasteiger partial charge >= 0.3 is 5.97 Å². The van der Waals surface area contributed by atoms with Crippen molar-refractivity contribution in [2.75, 3.05) is 53.4 Å². The molecule has 0 fully saturated rings. The second-order valence-corrected chi connectivity index (χ2v) is 32.2. The maximum Gasteiger partial charge on any atom is 0.341 e. The zero-order valence-electron chi connectivity index (χ0n) is 58.8. The maximum atomic E-state index is 14.8. The predicted molar refractivity (Wildman–Crippen MR) is 406 cm³/mol. The second kappa shape index (κ2) is 41.9. The minimum absolute atomic E-state index is 0.0187. The van der Waals surface area contributed by atoms with Crippen LogP contribution in [-0.2, 0) is 40.1 Å². The summed E-state index contributed by atoms with van der Waals surface area (Å²) in [5, 5.41) is 8.80. The zero-order chi connectivity index (χ0) is 84.7. The van der Waals surface area contributed by atoms with E-state index in [9.17, 15) is 110 Å². The van der Waals surface area contributed by atoms with Crippen LogP contribution < -0.4 is 30.4 Å². The van der Waals surface area contributed by atoms with Crippen molar-refractivity contribution in [3.63, 3.8) is 0 Å². The van der Waals surface area contributed by atoms with E-state index >= 15 is 0 Å². The van der Waals surface area contributed by atoms with E-state index in [2.05, 4.69) is 56.5 Å². The first-order valence-corrected chi connectivity index (χ1v) is 40.3. The van der Waals surface area contributed by atoms with Crippen LogP contribution >= 0.6 is 43.5 Å². The summed E-state index contributed by atoms with van der Waals surface area (Å²) >= 11 is 11.6. The van der Waals surface area contributed by atoms with E-state index in [-0.39, 0.29) is 39.9 Å². The number of fused-ring (bicyclic) bond motifs is 2. The second-order valence-electron chi connectivity index (χ2n) is 22.7. The van der Waals surface area contributed by atoms with Crippen molar-refractivity contribution < 1.29 is 115 Å². The zero-order valence-corrected chi connectivity index (χ0v) is 66.0. The lowest BCUT2D eigenvalue weighted by Gasteiger charge is -2.11. The highest BCUT2D eigenvalue weighted by atomic mass is 79.9. The highest BCUT2D eigenvalue weighted by molar-refractivity contribution is 9.10. The Kier molecular flexibility index (Phi) is 35.3. The van der Waals surface area contributed by atoms with Crippen molar-refractivity contribution in [3.05, 3.63) is 234 Å². The fourth-order valence-corrected chi connectivity index (χ4v) is 14.4. The van der Waals surface area contributed by atoms with Gasteiger partial charge in [-0.15, -0.1) is 0 Å². The number of H-pyrrole nitrogens is 2. The molecule has 112 heavy (non-hydrogen) atoms. The third kappa shape index (κ3) is 27.4. The molecule has 604 valence electrons. The molecule has 10 rings (SSSR count). The standard InChI is InChI=1S/C17H14BrF2N3O3S.C11H13F2NO3S.C10H10ClF2NO3S.C10H11F2NO4S.C8H7F2NO.C7H5BrN2.C6H5F2N/c1-2-5-27(25,26)23-13-4-3-12(19)14(15(13)20)16(24)11-8-22-17-10(11)6-9(18)7-21-17;1-3-6-18(16,17)14-9-5-4-8(12)10(7(2)15)11(9)13;1-2-5-18(16,17)14-7-4-3-6(12)8(9(7)13)10(11)15;1-2-5-18(16,17)13-7-4-3-6(11)8(9(7)12)10(14)15;1-4(12)7-5(9)2-3-6(11)8(7)10;8-6-3-5-1-2-9-7(5)10-4-6;7-4-1-2-6(9)5(8)3-4/h3-4,6-8,23H,2,5H2,1H3,(H,21,22);4-5,14H,3,6H2,1-2H3;3-4,14H,2,5H2,1H3;3-4,13H,2,5H2,1H3,(H,14,15);2-3H,11H2,1H3;1-4H,(H,9,10);1-3H,9H2. The highest BCUT2D eigenvalue weighted by Gasteiger charge is 2.28. The van der Waals surface area contributed by atoms with Gasteiger partial charge in [0.1, 0.15) is 63.1 Å². The number of hydrogen-bond donors (Lipinski definition) is 9. The van der Waals surface area contributed by atoms with Crippen LogP contribution in [0, 0.1) is 69.8 Å². The molecule has 6 aromatic carbocycles. The van der Waals surface area contributed by atoms with E-state index in [4.69, 9.17) is 28.2 Å². The van der Waals surface area contributed by atoms with E-state index in [0.29, 0.717) is 47.3 Å². The van der Waals surface area contributed by atoms with Gasteiger partial charge in [-0.3, -0.25) is 38.1 Å². The van der Waals surface area contributed by atoms with Gasteiger partial charge in [-0.2, -0.15) is 0 Å². The molecule has 0 unspecified atom stereocenters. The number of anilines is 6. The van der Waals surface area contributed by atoms with Crippen LogP contribution in [0.4, 0.5) is 86.8 Å². The lowest BCUT2D eigenvalue weighted by molar-refractivity contribution is 0.0685. The van der Waals surface area contributed by atoms with Crippen molar-refractivity contribution in [2.45, 2.75) is 67.2 Å². The summed E-state index contributed by atoms with van der Waals surface area (Å²) in [7, 11) is -15.0. The molecular formula is C69H65Br2ClF12N10O14S4. The molecule has 4 aromatic heterocycles. The minimum Gasteiger partial charge on any atom is -0.477 e. The number of aromatic amines is 2. The van der Waals surface area contributed by atoms with E-state index in [1.165, 1.54) is 18.5 Å². The molecular weight excluding hydrogens is 1740 g/mol. The number of rotatable bonds is 22. The number of nitrogens with one attached hydrogen (secondary N) is 6. The molecule has 0 amide bonds. The molecule has 0 saturated carbocycles. The predicted octanol–water partition coefficient (Wildman–Crippen LogP) is 16.2. The number of Topliss-reactive ketones (excluding diaryl/α,β-unsaturated/α-hetero) is 2. The van der Waals surface area contributed by atoms with Crippen LogP contribution in [0.3, 0.4) is 0 Å². The Bertz CT molecular complexity index is 5380. The monoisotopic (exact) mass is 1810 g/mol. The smallest absolute Gasteiger partial charge is 0.341 e. The summed E-state index contributed by atoms with van der Waals surface area (Å²) in [6.45, 7) is 8.64. The first kappa shape index (κ1) is 94.2. The molecule has 11 N–H and O–H groups in total. The van der Waals surface area contributed by atoms with Crippen LogP contribution in [0.5, 0.6) is 0 Å². The molecule has 4 heterocycles. The van der Waals surface area contributed by atoms with Crippen molar-refractivity contribution in [1.29, 1.82) is 0 Å². The van der Waals surface area contributed by atoms with Crippen LogP contribution in [0.25, 0.3) is 22.1 Å². The number of carboxylic acid groups (broad SMARTS) is 1. The van der Waals surface area contributed by atoms with Crippen LogP contribution in [0.15, 0.2) is 131 Å². The lowest BCUT2D eigenvalue weighted by atomic mass is 10.0. The third-order valence-corrected chi connectivity index (χ3v) is 20.8. The third-order valence-electron chi connectivity index (χ3n) is 13.9. The molecule has 0 saturated heterocycles. The lowest BCUT2D eigenvalue weighted by Crippen LogP contribution is -2.18. The molecule has 0 spiro atoms. The van der Waals surface area contributed by atoms with Crippen molar-refractivity contribution in [3.8, 4) is 0 Å². The number of carbonyl (C=O) groups excluding carboxylic acids is 4. The number of nitrogens with zero attached hydrogens (tertiary/aromatic N) is 2. The highest BCUT2D eigenvalue weighted by Crippen LogP contribution is 2.31. The molecule has 0 bridgehead atoms. The summed E-state index contributed by atoms with van der Waals surface area (Å²) in [6.07, 6.45) is 7.79. The number of aromatic carboxylic acids is 1. The van der Waals surface area contributed by atoms with Gasteiger partial charge in [-0.05, 0) is 174 Å². The Balaban J connectivity index is 0.000000283. The molecule has 0 aliphatic heterocycles. The Morgan fingerprint density at radius 2 is 0.804 bits per heavy atom. The number of nitrogens with two attached hydrogens (primary N) is 2. The van der Waals surface area contributed by atoms with Gasteiger partial charge < -0.3 is 26.5 Å². The quantitative estimate of drug-likeness (QED) is 0.0132. The van der Waals surface area contributed by atoms with Crippen molar-refractivity contribution >= 4 is 168 Å². The van der Waals surface area contributed by atoms with Gasteiger partial charge in [0.05, 0.1) is 73.8 Å². The summed E-state index contributed by atoms with van der Waals surface area (Å²) < 4.78 is 261. The van der Waals surface area contributed by atoms with Crippen LogP contribution in [0.2, 0.25) is 0 Å². The van der Waals surface area contributed by atoms with Gasteiger partial charge in [-0.1, -0.05) is 27.7 Å². The van der Waals surface area contributed by atoms with E-state index in [1.807, 2.05) is 32.5 Å². The topological polar surface area (TPSA) is 400 Å². The molecule has 10 aromatic rings. The number of aromatic nitrogens is 4.